The first-order valence-corrected chi connectivity index (χ1v) is 6.20. The number of thioether (sulfide) groups is 1. The van der Waals surface area contributed by atoms with Crippen LogP contribution in [-0.4, -0.2) is 36.2 Å². The Labute approximate surface area is 89.7 Å². The van der Waals surface area contributed by atoms with Gasteiger partial charge in [-0.1, -0.05) is 18.7 Å². The second-order valence-electron chi connectivity index (χ2n) is 4.08. The molecule has 0 aromatic heterocycles. The molecule has 0 aliphatic carbocycles. The van der Waals surface area contributed by atoms with Crippen molar-refractivity contribution in [3.63, 3.8) is 0 Å². The van der Waals surface area contributed by atoms with E-state index in [1.54, 1.807) is 0 Å². The van der Waals surface area contributed by atoms with Crippen molar-refractivity contribution < 1.29 is 4.74 Å². The molecule has 0 aromatic carbocycles. The van der Waals surface area contributed by atoms with E-state index in [2.05, 4.69) is 24.2 Å². The molecule has 14 heavy (non-hydrogen) atoms. The molecule has 0 bridgehead atoms. The van der Waals surface area contributed by atoms with Crippen molar-refractivity contribution in [2.45, 2.75) is 31.6 Å². The van der Waals surface area contributed by atoms with Crippen LogP contribution in [0.15, 0.2) is 4.99 Å². The molecule has 2 aliphatic heterocycles. The maximum atomic E-state index is 5.52. The molecule has 4 heteroatoms. The van der Waals surface area contributed by atoms with Crippen LogP contribution in [0.5, 0.6) is 0 Å². The van der Waals surface area contributed by atoms with Crippen LogP contribution >= 0.6 is 11.8 Å². The Bertz CT molecular complexity index is 232. The zero-order valence-electron chi connectivity index (χ0n) is 8.82. The number of hydrogen-bond donors (Lipinski definition) is 1. The number of ether oxygens (including phenoxy) is 1. The summed E-state index contributed by atoms with van der Waals surface area (Å²) in [6.45, 7) is 7.27. The lowest BCUT2D eigenvalue weighted by Crippen LogP contribution is -2.29. The highest BCUT2D eigenvalue weighted by Gasteiger charge is 2.25. The minimum Gasteiger partial charge on any atom is -0.378 e. The molecule has 1 N–H and O–H groups in total. The Balaban J connectivity index is 1.72. The van der Waals surface area contributed by atoms with Gasteiger partial charge in [0.15, 0.2) is 5.17 Å². The summed E-state index contributed by atoms with van der Waals surface area (Å²) in [5, 5.41) is 5.19. The maximum Gasteiger partial charge on any atom is 0.156 e. The lowest BCUT2D eigenvalue weighted by molar-refractivity contribution is 0.106. The summed E-state index contributed by atoms with van der Waals surface area (Å²) in [6, 6.07) is 0. The molecule has 0 spiro atoms. The van der Waals surface area contributed by atoms with Crippen molar-refractivity contribution in [3.8, 4) is 0 Å². The highest BCUT2D eigenvalue weighted by molar-refractivity contribution is 8.14. The summed E-state index contributed by atoms with van der Waals surface area (Å²) < 4.78 is 5.52. The minimum atomic E-state index is 0.409. The average Bonchev–Trinajstić information content (AvgIpc) is 2.72. The molecular formula is C10H18N2OS. The lowest BCUT2D eigenvalue weighted by Gasteiger charge is -2.15. The zero-order chi connectivity index (χ0) is 9.97. The normalized spacial score (nSPS) is 37.3. The van der Waals surface area contributed by atoms with Gasteiger partial charge in [0.25, 0.3) is 0 Å². The van der Waals surface area contributed by atoms with Crippen LogP contribution in [-0.2, 0) is 4.74 Å². The molecule has 0 radical (unpaired) electrons. The monoisotopic (exact) mass is 214 g/mol. The Morgan fingerprint density at radius 3 is 3.00 bits per heavy atom. The third-order valence-electron chi connectivity index (χ3n) is 2.85. The van der Waals surface area contributed by atoms with Crippen molar-refractivity contribution in [1.82, 2.24) is 5.32 Å². The molecule has 3 atom stereocenters. The minimum absolute atomic E-state index is 0.409. The molecule has 0 aromatic rings. The van der Waals surface area contributed by atoms with E-state index in [1.807, 2.05) is 11.8 Å². The third kappa shape index (κ3) is 2.42. The first-order chi connectivity index (χ1) is 6.75. The van der Waals surface area contributed by atoms with Crippen LogP contribution in [0, 0.1) is 5.92 Å². The van der Waals surface area contributed by atoms with E-state index >= 15 is 0 Å². The maximum absolute atomic E-state index is 5.52. The van der Waals surface area contributed by atoms with Crippen molar-refractivity contribution in [2.24, 2.45) is 10.9 Å². The Hall–Kier alpha value is -0.220. The number of nitrogens with zero attached hydrogens (tertiary/aromatic N) is 1. The van der Waals surface area contributed by atoms with E-state index in [1.165, 1.54) is 6.42 Å². The Morgan fingerprint density at radius 1 is 1.57 bits per heavy atom. The molecule has 1 saturated heterocycles. The molecule has 1 fully saturated rings. The van der Waals surface area contributed by atoms with Crippen LogP contribution in [0.25, 0.3) is 0 Å². The van der Waals surface area contributed by atoms with E-state index < -0.39 is 0 Å². The summed E-state index contributed by atoms with van der Waals surface area (Å²) in [5.74, 6) is 0.661. The fourth-order valence-electron chi connectivity index (χ4n) is 1.84. The van der Waals surface area contributed by atoms with E-state index in [-0.39, 0.29) is 0 Å². The van der Waals surface area contributed by atoms with E-state index in [9.17, 15) is 0 Å². The summed E-state index contributed by atoms with van der Waals surface area (Å²) >= 11 is 1.85. The van der Waals surface area contributed by atoms with Gasteiger partial charge in [0.05, 0.1) is 12.6 Å². The first-order valence-electron chi connectivity index (χ1n) is 5.32. The van der Waals surface area contributed by atoms with Crippen molar-refractivity contribution in [3.05, 3.63) is 0 Å². The predicted octanol–water partition coefficient (Wildman–Crippen LogP) is 1.49. The van der Waals surface area contributed by atoms with E-state index in [0.29, 0.717) is 17.3 Å². The summed E-state index contributed by atoms with van der Waals surface area (Å²) in [6.07, 6.45) is 1.59. The molecule has 2 rings (SSSR count). The number of rotatable bonds is 2. The highest BCUT2D eigenvalue weighted by atomic mass is 32.2. The summed E-state index contributed by atoms with van der Waals surface area (Å²) in [5.41, 5.74) is 0. The van der Waals surface area contributed by atoms with E-state index in [4.69, 9.17) is 4.74 Å². The van der Waals surface area contributed by atoms with Gasteiger partial charge in [0, 0.05) is 24.3 Å². The number of nitrogens with one attached hydrogen (secondary N) is 1. The predicted molar refractivity (Wildman–Crippen MR) is 60.9 cm³/mol. The summed E-state index contributed by atoms with van der Waals surface area (Å²) in [4.78, 5) is 4.43. The molecule has 3 nitrogen and oxygen atoms in total. The third-order valence-corrected chi connectivity index (χ3v) is 3.90. The van der Waals surface area contributed by atoms with Gasteiger partial charge in [-0.25, -0.2) is 0 Å². The SMILES string of the molecule is CC1CN=C(NCC2CCOC2C)S1. The van der Waals surface area contributed by atoms with Gasteiger partial charge < -0.3 is 10.1 Å². The van der Waals surface area contributed by atoms with Gasteiger partial charge in [0.1, 0.15) is 0 Å². The molecule has 2 heterocycles. The molecule has 80 valence electrons. The highest BCUT2D eigenvalue weighted by Crippen LogP contribution is 2.22. The molecule has 3 unspecified atom stereocenters. The van der Waals surface area contributed by atoms with Crippen molar-refractivity contribution in [1.29, 1.82) is 0 Å². The first kappa shape index (κ1) is 10.3. The fourth-order valence-corrected chi connectivity index (χ4v) is 2.68. The van der Waals surface area contributed by atoms with Gasteiger partial charge >= 0.3 is 0 Å². The lowest BCUT2D eigenvalue weighted by atomic mass is 10.0. The van der Waals surface area contributed by atoms with Gasteiger partial charge in [-0.2, -0.15) is 0 Å². The second-order valence-corrected chi connectivity index (χ2v) is 5.51. The number of amidine groups is 1. The van der Waals surface area contributed by atoms with Crippen LogP contribution in [0.2, 0.25) is 0 Å². The molecule has 2 aliphatic rings. The van der Waals surface area contributed by atoms with Gasteiger partial charge in [-0.15, -0.1) is 0 Å². The second kappa shape index (κ2) is 4.53. The van der Waals surface area contributed by atoms with Crippen molar-refractivity contribution >= 4 is 16.9 Å². The molecule has 0 amide bonds. The Morgan fingerprint density at radius 2 is 2.43 bits per heavy atom. The topological polar surface area (TPSA) is 33.6 Å². The van der Waals surface area contributed by atoms with Crippen LogP contribution in [0.1, 0.15) is 20.3 Å². The fraction of sp³-hybridized carbons (Fsp3) is 0.900. The molecule has 0 saturated carbocycles. The van der Waals surface area contributed by atoms with Gasteiger partial charge in [0.2, 0.25) is 0 Å². The van der Waals surface area contributed by atoms with Crippen LogP contribution in [0.3, 0.4) is 0 Å². The average molecular weight is 214 g/mol. The largest absolute Gasteiger partial charge is 0.378 e. The summed E-state index contributed by atoms with van der Waals surface area (Å²) in [7, 11) is 0. The molecular weight excluding hydrogens is 196 g/mol. The van der Waals surface area contributed by atoms with Crippen LogP contribution < -0.4 is 5.32 Å². The number of hydrogen-bond acceptors (Lipinski definition) is 4. The van der Waals surface area contributed by atoms with E-state index in [0.717, 1.165) is 24.9 Å². The zero-order valence-corrected chi connectivity index (χ0v) is 9.64. The Kier molecular flexibility index (Phi) is 3.34. The smallest absolute Gasteiger partial charge is 0.156 e. The quantitative estimate of drug-likeness (QED) is 0.756. The van der Waals surface area contributed by atoms with Gasteiger partial charge in [-0.3, -0.25) is 4.99 Å². The van der Waals surface area contributed by atoms with Crippen LogP contribution in [0.4, 0.5) is 0 Å². The standard InChI is InChI=1S/C10H18N2OS/c1-7-5-11-10(14-7)12-6-9-3-4-13-8(9)2/h7-9H,3-6H2,1-2H3,(H,11,12). The van der Waals surface area contributed by atoms with Crippen molar-refractivity contribution in [2.75, 3.05) is 19.7 Å². The van der Waals surface area contributed by atoms with Gasteiger partial charge in [-0.05, 0) is 13.3 Å². The number of aliphatic imine (C=N–C) groups is 1.